The zero-order chi connectivity index (χ0) is 19.9. The Bertz CT molecular complexity index is 770. The van der Waals surface area contributed by atoms with Gasteiger partial charge in [-0.1, -0.05) is 13.0 Å². The van der Waals surface area contributed by atoms with Gasteiger partial charge < -0.3 is 9.64 Å². The average molecular weight is 385 g/mol. The van der Waals surface area contributed by atoms with Crippen LogP contribution in [0, 0.1) is 5.92 Å². The number of nitrogens with one attached hydrogen (secondary N) is 1. The van der Waals surface area contributed by atoms with Crippen LogP contribution in [0.5, 0.6) is 0 Å². The molecule has 2 saturated heterocycles. The van der Waals surface area contributed by atoms with Crippen LogP contribution in [0.4, 0.5) is 23.7 Å². The summed E-state index contributed by atoms with van der Waals surface area (Å²) in [5.74, 6) is -0.801. The molecule has 1 aromatic carbocycles. The zero-order valence-electron chi connectivity index (χ0n) is 14.6. The lowest BCUT2D eigenvalue weighted by atomic mass is 9.99. The second-order valence-corrected chi connectivity index (χ2v) is 6.58. The molecule has 3 amide bonds. The van der Waals surface area contributed by atoms with Crippen LogP contribution in [-0.2, 0) is 20.5 Å². The maximum absolute atomic E-state index is 12.9. The van der Waals surface area contributed by atoms with Crippen LogP contribution in [0.2, 0.25) is 0 Å². The lowest BCUT2D eigenvalue weighted by Gasteiger charge is -2.33. The number of rotatable bonds is 3. The summed E-state index contributed by atoms with van der Waals surface area (Å²) in [6.07, 6.45) is -5.02. The standard InChI is InChI=1S/C17H18F3N3O4/c1-9-12-7-22(16(26)27-2)14(9)13(21-12)15(25)23(8-24)11-5-3-4-10(6-11)17(18,19)20/h3-6,8-9,12-14,21H,7H2,1-2H3/t9-,12?,13-,14?/m1/s1. The number of fused-ring (bicyclic) bond motifs is 2. The van der Waals surface area contributed by atoms with Gasteiger partial charge in [0.15, 0.2) is 0 Å². The van der Waals surface area contributed by atoms with Crippen molar-refractivity contribution in [2.75, 3.05) is 18.6 Å². The third-order valence-corrected chi connectivity index (χ3v) is 5.13. The summed E-state index contributed by atoms with van der Waals surface area (Å²) in [5.41, 5.74) is -1.16. The summed E-state index contributed by atoms with van der Waals surface area (Å²) in [6.45, 7) is 2.21. The molecule has 27 heavy (non-hydrogen) atoms. The first-order valence-corrected chi connectivity index (χ1v) is 8.25. The van der Waals surface area contributed by atoms with Gasteiger partial charge in [-0.2, -0.15) is 13.2 Å². The highest BCUT2D eigenvalue weighted by atomic mass is 19.4. The number of hydrogen-bond donors (Lipinski definition) is 1. The van der Waals surface area contributed by atoms with Crippen LogP contribution >= 0.6 is 0 Å². The number of carbonyl (C=O) groups excluding carboxylic acids is 3. The fourth-order valence-electron chi connectivity index (χ4n) is 3.79. The van der Waals surface area contributed by atoms with Crippen molar-refractivity contribution in [3.05, 3.63) is 29.8 Å². The minimum Gasteiger partial charge on any atom is -0.453 e. The van der Waals surface area contributed by atoms with Gasteiger partial charge in [0.05, 0.1) is 24.4 Å². The van der Waals surface area contributed by atoms with Crippen molar-refractivity contribution in [2.24, 2.45) is 5.92 Å². The molecule has 2 aliphatic rings. The number of likely N-dealkylation sites (tertiary alicyclic amines) is 1. The number of ether oxygens (including phenoxy) is 1. The summed E-state index contributed by atoms with van der Waals surface area (Å²) in [5, 5.41) is 3.06. The lowest BCUT2D eigenvalue weighted by molar-refractivity contribution is -0.137. The minimum absolute atomic E-state index is 0.0759. The van der Waals surface area contributed by atoms with Crippen molar-refractivity contribution >= 4 is 24.1 Å². The molecule has 2 fully saturated rings. The monoisotopic (exact) mass is 385 g/mol. The molecule has 0 saturated carbocycles. The number of benzene rings is 1. The van der Waals surface area contributed by atoms with Gasteiger partial charge >= 0.3 is 12.3 Å². The van der Waals surface area contributed by atoms with Crippen molar-refractivity contribution in [1.82, 2.24) is 10.2 Å². The number of nitrogens with zero attached hydrogens (tertiary/aromatic N) is 2. The Labute approximate surface area is 153 Å². The van der Waals surface area contributed by atoms with Crippen LogP contribution in [0.3, 0.4) is 0 Å². The number of halogens is 3. The second kappa shape index (κ2) is 6.84. The molecule has 1 N–H and O–H groups in total. The molecular formula is C17H18F3N3O4. The van der Waals surface area contributed by atoms with E-state index in [0.717, 1.165) is 18.2 Å². The van der Waals surface area contributed by atoms with E-state index in [9.17, 15) is 27.6 Å². The number of alkyl halides is 3. The molecule has 2 aliphatic heterocycles. The zero-order valence-corrected chi connectivity index (χ0v) is 14.6. The molecule has 2 unspecified atom stereocenters. The van der Waals surface area contributed by atoms with Crippen molar-refractivity contribution in [3.63, 3.8) is 0 Å². The van der Waals surface area contributed by atoms with E-state index in [1.54, 1.807) is 0 Å². The molecule has 1 aromatic rings. The molecule has 4 atom stereocenters. The van der Waals surface area contributed by atoms with Gasteiger partial charge in [0.1, 0.15) is 6.04 Å². The second-order valence-electron chi connectivity index (χ2n) is 6.58. The average Bonchev–Trinajstić information content (AvgIpc) is 3.13. The van der Waals surface area contributed by atoms with Crippen LogP contribution in [0.15, 0.2) is 24.3 Å². The number of carbonyl (C=O) groups is 3. The first kappa shape index (κ1) is 19.2. The predicted molar refractivity (Wildman–Crippen MR) is 87.8 cm³/mol. The minimum atomic E-state index is -4.60. The molecule has 7 nitrogen and oxygen atoms in total. The Morgan fingerprint density at radius 2 is 2.07 bits per heavy atom. The van der Waals surface area contributed by atoms with Gasteiger partial charge in [0.2, 0.25) is 6.41 Å². The van der Waals surface area contributed by atoms with Crippen molar-refractivity contribution in [2.45, 2.75) is 31.2 Å². The van der Waals surface area contributed by atoms with Crippen LogP contribution in [0.1, 0.15) is 12.5 Å². The van der Waals surface area contributed by atoms with E-state index in [4.69, 9.17) is 4.74 Å². The molecule has 0 spiro atoms. The Hall–Kier alpha value is -2.62. The fraction of sp³-hybridized carbons (Fsp3) is 0.471. The molecule has 0 aromatic heterocycles. The van der Waals surface area contributed by atoms with Crippen LogP contribution in [0.25, 0.3) is 0 Å². The first-order chi connectivity index (χ1) is 12.7. The highest BCUT2D eigenvalue weighted by molar-refractivity contribution is 6.10. The Balaban J connectivity index is 1.88. The quantitative estimate of drug-likeness (QED) is 0.800. The lowest BCUT2D eigenvalue weighted by Crippen LogP contribution is -2.59. The van der Waals surface area contributed by atoms with Crippen molar-refractivity contribution in [1.29, 1.82) is 0 Å². The normalized spacial score (nSPS) is 26.8. The van der Waals surface area contributed by atoms with Gasteiger partial charge in [-0.05, 0) is 24.1 Å². The maximum Gasteiger partial charge on any atom is 0.416 e. The number of methoxy groups -OCH3 is 1. The Kier molecular flexibility index (Phi) is 4.85. The summed E-state index contributed by atoms with van der Waals surface area (Å²) < 4.78 is 43.5. The van der Waals surface area contributed by atoms with E-state index in [1.165, 1.54) is 18.1 Å². The van der Waals surface area contributed by atoms with E-state index in [-0.39, 0.29) is 24.1 Å². The van der Waals surface area contributed by atoms with Gasteiger partial charge in [0.25, 0.3) is 5.91 Å². The third kappa shape index (κ3) is 3.25. The molecule has 3 rings (SSSR count). The largest absolute Gasteiger partial charge is 0.453 e. The van der Waals surface area contributed by atoms with E-state index >= 15 is 0 Å². The van der Waals surface area contributed by atoms with E-state index in [0.29, 0.717) is 11.4 Å². The van der Waals surface area contributed by atoms with Crippen molar-refractivity contribution < 1.29 is 32.3 Å². The summed E-state index contributed by atoms with van der Waals surface area (Å²) >= 11 is 0. The predicted octanol–water partition coefficient (Wildman–Crippen LogP) is 1.62. The van der Waals surface area contributed by atoms with Crippen molar-refractivity contribution in [3.8, 4) is 0 Å². The van der Waals surface area contributed by atoms with Gasteiger partial charge in [-0.25, -0.2) is 4.79 Å². The molecular weight excluding hydrogens is 367 g/mol. The molecule has 0 radical (unpaired) electrons. The summed E-state index contributed by atoms with van der Waals surface area (Å²) in [6, 6.07) is 2.32. The first-order valence-electron chi connectivity index (χ1n) is 8.25. The molecule has 0 aliphatic carbocycles. The maximum atomic E-state index is 12.9. The highest BCUT2D eigenvalue weighted by Gasteiger charge is 2.55. The summed E-state index contributed by atoms with van der Waals surface area (Å²) in [4.78, 5) is 38.4. The molecule has 10 heteroatoms. The number of piperazine rings is 1. The smallest absolute Gasteiger partial charge is 0.416 e. The fourth-order valence-corrected chi connectivity index (χ4v) is 3.79. The summed E-state index contributed by atoms with van der Waals surface area (Å²) in [7, 11) is 1.23. The number of anilines is 1. The van der Waals surface area contributed by atoms with E-state index in [1.807, 2.05) is 6.92 Å². The molecule has 2 heterocycles. The topological polar surface area (TPSA) is 79.0 Å². The number of hydrogen-bond acceptors (Lipinski definition) is 5. The molecule has 146 valence electrons. The third-order valence-electron chi connectivity index (χ3n) is 5.13. The van der Waals surface area contributed by atoms with Gasteiger partial charge in [-0.3, -0.25) is 19.8 Å². The van der Waals surface area contributed by atoms with E-state index < -0.39 is 35.8 Å². The van der Waals surface area contributed by atoms with Crippen LogP contribution in [-0.4, -0.2) is 55.1 Å². The molecule has 2 bridgehead atoms. The number of imide groups is 1. The highest BCUT2D eigenvalue weighted by Crippen LogP contribution is 2.36. The van der Waals surface area contributed by atoms with E-state index in [2.05, 4.69) is 5.32 Å². The number of amides is 3. The Morgan fingerprint density at radius 3 is 2.63 bits per heavy atom. The Morgan fingerprint density at radius 1 is 1.37 bits per heavy atom. The van der Waals surface area contributed by atoms with Gasteiger partial charge in [-0.15, -0.1) is 0 Å². The SMILES string of the molecule is COC(=O)N1CC2N[C@@H](C(=O)N(C=O)c3cccc(C(F)(F)F)c3)C1[C@@H]2C. The van der Waals surface area contributed by atoms with Crippen LogP contribution < -0.4 is 10.2 Å². The van der Waals surface area contributed by atoms with Gasteiger partial charge in [0, 0.05) is 12.6 Å².